The fourth-order valence-electron chi connectivity index (χ4n) is 2.73. The topological polar surface area (TPSA) is 18.5 Å². The Labute approximate surface area is 111 Å². The first-order chi connectivity index (χ1) is 8.70. The van der Waals surface area contributed by atoms with E-state index in [0.29, 0.717) is 6.04 Å². The molecule has 18 heavy (non-hydrogen) atoms. The molecule has 0 aromatic heterocycles. The van der Waals surface area contributed by atoms with E-state index in [2.05, 4.69) is 53.4 Å². The normalized spacial score (nSPS) is 21.9. The smallest absolute Gasteiger partial charge is 0.0541 e. The molecule has 1 unspecified atom stereocenters. The number of nitrogens with one attached hydrogen (secondary N) is 1. The largest absolute Gasteiger partial charge is 0.366 e. The van der Waals surface area contributed by atoms with Crippen molar-refractivity contribution in [3.05, 3.63) is 29.8 Å². The highest BCUT2D eigenvalue weighted by molar-refractivity contribution is 5.49. The lowest BCUT2D eigenvalue weighted by Crippen LogP contribution is -2.46. The van der Waals surface area contributed by atoms with Crippen LogP contribution in [0.15, 0.2) is 24.3 Å². The minimum atomic E-state index is 0.560. The van der Waals surface area contributed by atoms with Crippen molar-refractivity contribution in [3.63, 3.8) is 0 Å². The van der Waals surface area contributed by atoms with Crippen LogP contribution in [-0.4, -0.2) is 51.2 Å². The van der Waals surface area contributed by atoms with Crippen LogP contribution < -0.4 is 10.2 Å². The predicted molar refractivity (Wildman–Crippen MR) is 78.4 cm³/mol. The number of nitrogens with zero attached hydrogens (tertiary/aromatic N) is 2. The maximum Gasteiger partial charge on any atom is 0.0541 e. The van der Waals surface area contributed by atoms with Crippen molar-refractivity contribution in [1.29, 1.82) is 0 Å². The van der Waals surface area contributed by atoms with Gasteiger partial charge in [-0.05, 0) is 46.1 Å². The fourth-order valence-corrected chi connectivity index (χ4v) is 2.73. The summed E-state index contributed by atoms with van der Waals surface area (Å²) in [6, 6.07) is 9.48. The summed E-state index contributed by atoms with van der Waals surface area (Å²) in [5.41, 5.74) is 2.69. The second-order valence-electron chi connectivity index (χ2n) is 5.36. The molecule has 1 atom stereocenters. The second kappa shape index (κ2) is 6.21. The van der Waals surface area contributed by atoms with E-state index in [-0.39, 0.29) is 0 Å². The lowest BCUT2D eigenvalue weighted by molar-refractivity contribution is 0.328. The highest BCUT2D eigenvalue weighted by atomic mass is 15.2. The van der Waals surface area contributed by atoms with Crippen LogP contribution in [-0.2, 0) is 0 Å². The Morgan fingerprint density at radius 1 is 1.22 bits per heavy atom. The summed E-state index contributed by atoms with van der Waals surface area (Å²) in [6.45, 7) is 6.67. The van der Waals surface area contributed by atoms with Gasteiger partial charge in [-0.2, -0.15) is 0 Å². The molecular formula is C15H25N3. The molecule has 1 aromatic rings. The molecule has 1 N–H and O–H groups in total. The Bertz CT molecular complexity index is 361. The monoisotopic (exact) mass is 247 g/mol. The molecule has 0 spiro atoms. The molecule has 1 aromatic carbocycles. The number of hydrogen-bond donors (Lipinski definition) is 1. The first kappa shape index (κ1) is 13.4. The number of aryl methyl sites for hydroxylation is 1. The van der Waals surface area contributed by atoms with E-state index >= 15 is 0 Å². The zero-order valence-corrected chi connectivity index (χ0v) is 11.8. The number of likely N-dealkylation sites (N-methyl/N-ethyl adjacent to an activating group) is 2. The average molecular weight is 247 g/mol. The van der Waals surface area contributed by atoms with Crippen LogP contribution in [0, 0.1) is 6.92 Å². The van der Waals surface area contributed by atoms with E-state index in [4.69, 9.17) is 0 Å². The third-order valence-corrected chi connectivity index (χ3v) is 3.71. The number of benzene rings is 1. The first-order valence-corrected chi connectivity index (χ1v) is 6.87. The predicted octanol–water partition coefficient (Wildman–Crippen LogP) is 1.72. The summed E-state index contributed by atoms with van der Waals surface area (Å²) in [7, 11) is 4.26. The van der Waals surface area contributed by atoms with Gasteiger partial charge < -0.3 is 15.1 Å². The minimum Gasteiger partial charge on any atom is -0.366 e. The lowest BCUT2D eigenvalue weighted by Gasteiger charge is -2.33. The van der Waals surface area contributed by atoms with Crippen LogP contribution in [0.4, 0.5) is 5.69 Å². The van der Waals surface area contributed by atoms with Gasteiger partial charge in [0.25, 0.3) is 0 Å². The standard InChI is InChI=1S/C15H25N3/c1-13-5-7-14(8-6-13)18-10-4-9-17(3)12-15(18)11-16-2/h5-8,15-16H,4,9-12H2,1-3H3. The van der Waals surface area contributed by atoms with Crippen LogP contribution >= 0.6 is 0 Å². The van der Waals surface area contributed by atoms with Crippen molar-refractivity contribution in [3.8, 4) is 0 Å². The summed E-state index contributed by atoms with van der Waals surface area (Å²) < 4.78 is 0. The van der Waals surface area contributed by atoms with Crippen molar-refractivity contribution < 1.29 is 0 Å². The molecule has 0 radical (unpaired) electrons. The third-order valence-electron chi connectivity index (χ3n) is 3.71. The summed E-state index contributed by atoms with van der Waals surface area (Å²) in [4.78, 5) is 5.00. The van der Waals surface area contributed by atoms with Crippen LogP contribution in [0.25, 0.3) is 0 Å². The molecule has 3 heteroatoms. The molecule has 0 bridgehead atoms. The van der Waals surface area contributed by atoms with Gasteiger partial charge in [0.2, 0.25) is 0 Å². The SMILES string of the molecule is CNCC1CN(C)CCCN1c1ccc(C)cc1. The summed E-state index contributed by atoms with van der Waals surface area (Å²) in [6.07, 6.45) is 1.24. The Morgan fingerprint density at radius 3 is 2.61 bits per heavy atom. The van der Waals surface area contributed by atoms with Gasteiger partial charge >= 0.3 is 0 Å². The van der Waals surface area contributed by atoms with E-state index in [1.807, 2.05) is 7.05 Å². The van der Waals surface area contributed by atoms with Crippen LogP contribution in [0.3, 0.4) is 0 Å². The molecule has 2 rings (SSSR count). The van der Waals surface area contributed by atoms with E-state index in [1.54, 1.807) is 0 Å². The molecule has 100 valence electrons. The fraction of sp³-hybridized carbons (Fsp3) is 0.600. The van der Waals surface area contributed by atoms with Gasteiger partial charge in [-0.1, -0.05) is 17.7 Å². The first-order valence-electron chi connectivity index (χ1n) is 6.87. The Kier molecular flexibility index (Phi) is 4.61. The molecule has 1 aliphatic heterocycles. The Hall–Kier alpha value is -1.06. The zero-order chi connectivity index (χ0) is 13.0. The Balaban J connectivity index is 2.18. The van der Waals surface area contributed by atoms with Crippen molar-refractivity contribution >= 4 is 5.69 Å². The van der Waals surface area contributed by atoms with Gasteiger partial charge in [-0.3, -0.25) is 0 Å². The molecule has 3 nitrogen and oxygen atoms in total. The number of hydrogen-bond acceptors (Lipinski definition) is 3. The van der Waals surface area contributed by atoms with Gasteiger partial charge in [0.1, 0.15) is 0 Å². The van der Waals surface area contributed by atoms with Gasteiger partial charge in [-0.25, -0.2) is 0 Å². The molecule has 1 heterocycles. The van der Waals surface area contributed by atoms with Crippen molar-refractivity contribution in [2.45, 2.75) is 19.4 Å². The van der Waals surface area contributed by atoms with Crippen molar-refractivity contribution in [2.24, 2.45) is 0 Å². The van der Waals surface area contributed by atoms with Gasteiger partial charge in [0.15, 0.2) is 0 Å². The van der Waals surface area contributed by atoms with E-state index in [1.165, 1.54) is 24.2 Å². The molecule has 0 amide bonds. The number of rotatable bonds is 3. The van der Waals surface area contributed by atoms with E-state index in [0.717, 1.165) is 19.6 Å². The molecule has 1 saturated heterocycles. The lowest BCUT2D eigenvalue weighted by atomic mass is 10.1. The van der Waals surface area contributed by atoms with Gasteiger partial charge in [-0.15, -0.1) is 0 Å². The molecular weight excluding hydrogens is 222 g/mol. The molecule has 0 aliphatic carbocycles. The van der Waals surface area contributed by atoms with Crippen LogP contribution in [0.5, 0.6) is 0 Å². The maximum atomic E-state index is 3.33. The van der Waals surface area contributed by atoms with Crippen molar-refractivity contribution in [2.75, 3.05) is 45.2 Å². The Morgan fingerprint density at radius 2 is 1.94 bits per heavy atom. The minimum absolute atomic E-state index is 0.560. The molecule has 1 fully saturated rings. The quantitative estimate of drug-likeness (QED) is 0.877. The highest BCUT2D eigenvalue weighted by Crippen LogP contribution is 2.20. The van der Waals surface area contributed by atoms with Gasteiger partial charge in [0, 0.05) is 25.3 Å². The van der Waals surface area contributed by atoms with Crippen LogP contribution in [0.1, 0.15) is 12.0 Å². The van der Waals surface area contributed by atoms with E-state index < -0.39 is 0 Å². The second-order valence-corrected chi connectivity index (χ2v) is 5.36. The molecule has 1 aliphatic rings. The van der Waals surface area contributed by atoms with E-state index in [9.17, 15) is 0 Å². The van der Waals surface area contributed by atoms with Crippen molar-refractivity contribution in [1.82, 2.24) is 10.2 Å². The molecule has 0 saturated carbocycles. The summed E-state index contributed by atoms with van der Waals surface area (Å²) >= 11 is 0. The number of anilines is 1. The average Bonchev–Trinajstić information content (AvgIpc) is 2.53. The highest BCUT2D eigenvalue weighted by Gasteiger charge is 2.22. The summed E-state index contributed by atoms with van der Waals surface area (Å²) in [5.74, 6) is 0. The third kappa shape index (κ3) is 3.24. The zero-order valence-electron chi connectivity index (χ0n) is 11.8. The van der Waals surface area contributed by atoms with Crippen LogP contribution in [0.2, 0.25) is 0 Å². The maximum absolute atomic E-state index is 3.33. The van der Waals surface area contributed by atoms with Gasteiger partial charge in [0.05, 0.1) is 6.04 Å². The summed E-state index contributed by atoms with van der Waals surface area (Å²) in [5, 5.41) is 3.33.